The first-order valence-corrected chi connectivity index (χ1v) is 11.9. The molecule has 0 aliphatic heterocycles. The van der Waals surface area contributed by atoms with Gasteiger partial charge in [0.25, 0.3) is 15.7 Å². The zero-order valence-electron chi connectivity index (χ0n) is 18.4. The first-order chi connectivity index (χ1) is 15.8. The van der Waals surface area contributed by atoms with Crippen molar-refractivity contribution in [3.05, 3.63) is 94.0 Å². The van der Waals surface area contributed by atoms with Crippen LogP contribution < -0.4 is 9.62 Å². The number of hydrogen-bond acceptors (Lipinski definition) is 5. The smallest absolute Gasteiger partial charge is 0.289 e. The molecule has 9 heteroatoms. The number of nitrogens with one attached hydrogen (secondary N) is 1. The molecule has 0 unspecified atom stereocenters. The van der Waals surface area contributed by atoms with Crippen LogP contribution in [0.1, 0.15) is 25.0 Å². The van der Waals surface area contributed by atoms with Crippen LogP contribution >= 0.6 is 0 Å². The number of nitrogens with zero attached hydrogens (tertiary/aromatic N) is 2. The van der Waals surface area contributed by atoms with E-state index in [2.05, 4.69) is 5.32 Å². The molecular weight excluding hydrogens is 442 g/mol. The summed E-state index contributed by atoms with van der Waals surface area (Å²) in [6.07, 6.45) is 1.39. The highest BCUT2D eigenvalue weighted by Gasteiger charge is 2.33. The largest absolute Gasteiger partial charge is 0.324 e. The lowest BCUT2D eigenvalue weighted by Crippen LogP contribution is -2.38. The summed E-state index contributed by atoms with van der Waals surface area (Å²) >= 11 is 0. The molecule has 0 aliphatic carbocycles. The lowest BCUT2D eigenvalue weighted by molar-refractivity contribution is -0.387. The third kappa shape index (κ3) is 5.20. The van der Waals surface area contributed by atoms with Crippen LogP contribution in [-0.4, -0.2) is 25.8 Å². The Hall–Kier alpha value is -3.72. The lowest BCUT2D eigenvalue weighted by atomic mass is 10.0. The minimum Gasteiger partial charge on any atom is -0.324 e. The summed E-state index contributed by atoms with van der Waals surface area (Å²) in [6.45, 7) is 3.40. The van der Waals surface area contributed by atoms with E-state index in [0.29, 0.717) is 18.5 Å². The summed E-state index contributed by atoms with van der Waals surface area (Å²) in [5.41, 5.74) is 2.23. The maximum Gasteiger partial charge on any atom is 0.289 e. The van der Waals surface area contributed by atoms with E-state index in [-0.39, 0.29) is 5.69 Å². The molecule has 0 spiro atoms. The molecule has 0 bridgehead atoms. The van der Waals surface area contributed by atoms with Crippen molar-refractivity contribution >= 4 is 33.0 Å². The SMILES string of the molecule is CCc1cccc(CC)c1NC(=O)CN(c1ccccc1)S(=O)(=O)c1ccccc1[N+](=O)[O-]. The Kier molecular flexibility index (Phi) is 7.44. The van der Waals surface area contributed by atoms with Crippen LogP contribution in [0.5, 0.6) is 0 Å². The van der Waals surface area contributed by atoms with Crippen LogP contribution in [0.3, 0.4) is 0 Å². The predicted molar refractivity (Wildman–Crippen MR) is 128 cm³/mol. The number of carbonyl (C=O) groups excluding carboxylic acids is 1. The summed E-state index contributed by atoms with van der Waals surface area (Å²) < 4.78 is 28.0. The summed E-state index contributed by atoms with van der Waals surface area (Å²) in [5.74, 6) is -0.545. The molecule has 0 aliphatic rings. The van der Waals surface area contributed by atoms with E-state index >= 15 is 0 Å². The molecule has 172 valence electrons. The quantitative estimate of drug-likeness (QED) is 0.367. The number of benzene rings is 3. The van der Waals surface area contributed by atoms with Gasteiger partial charge >= 0.3 is 0 Å². The third-order valence-corrected chi connectivity index (χ3v) is 7.05. The number of sulfonamides is 1. The number of para-hydroxylation sites is 3. The van der Waals surface area contributed by atoms with Gasteiger partial charge in [0.2, 0.25) is 5.91 Å². The van der Waals surface area contributed by atoms with Crippen molar-refractivity contribution in [3.8, 4) is 0 Å². The summed E-state index contributed by atoms with van der Waals surface area (Å²) in [6, 6.07) is 18.9. The lowest BCUT2D eigenvalue weighted by Gasteiger charge is -2.24. The molecule has 0 fully saturated rings. The van der Waals surface area contributed by atoms with Crippen molar-refractivity contribution < 1.29 is 18.1 Å². The van der Waals surface area contributed by atoms with Crippen molar-refractivity contribution in [2.75, 3.05) is 16.2 Å². The molecule has 0 atom stereocenters. The van der Waals surface area contributed by atoms with Gasteiger partial charge in [0, 0.05) is 11.8 Å². The monoisotopic (exact) mass is 467 g/mol. The number of rotatable bonds is 9. The van der Waals surface area contributed by atoms with Crippen LogP contribution in [0, 0.1) is 10.1 Å². The van der Waals surface area contributed by atoms with Gasteiger partial charge in [0.1, 0.15) is 6.54 Å². The van der Waals surface area contributed by atoms with Gasteiger partial charge in [-0.15, -0.1) is 0 Å². The first kappa shape index (κ1) is 23.9. The van der Waals surface area contributed by atoms with E-state index in [1.54, 1.807) is 18.2 Å². The molecule has 3 rings (SSSR count). The Morgan fingerprint density at radius 3 is 2.06 bits per heavy atom. The first-order valence-electron chi connectivity index (χ1n) is 10.5. The molecule has 0 radical (unpaired) electrons. The number of nitro groups is 1. The Morgan fingerprint density at radius 2 is 1.48 bits per heavy atom. The molecular formula is C24H25N3O5S. The molecule has 0 saturated carbocycles. The van der Waals surface area contributed by atoms with Gasteiger partial charge in [0.15, 0.2) is 4.90 Å². The van der Waals surface area contributed by atoms with Gasteiger partial charge in [-0.25, -0.2) is 8.42 Å². The van der Waals surface area contributed by atoms with Gasteiger partial charge in [-0.05, 0) is 42.2 Å². The van der Waals surface area contributed by atoms with Crippen LogP contribution in [0.15, 0.2) is 77.7 Å². The number of aryl methyl sites for hydroxylation is 2. The zero-order chi connectivity index (χ0) is 24.0. The van der Waals surface area contributed by atoms with E-state index in [1.807, 2.05) is 32.0 Å². The minimum absolute atomic E-state index is 0.227. The highest BCUT2D eigenvalue weighted by atomic mass is 32.2. The summed E-state index contributed by atoms with van der Waals surface area (Å²) in [5, 5.41) is 14.3. The highest BCUT2D eigenvalue weighted by molar-refractivity contribution is 7.93. The number of anilines is 2. The minimum atomic E-state index is -4.42. The van der Waals surface area contributed by atoms with Gasteiger partial charge in [0.05, 0.1) is 10.6 Å². The molecule has 8 nitrogen and oxygen atoms in total. The average Bonchev–Trinajstić information content (AvgIpc) is 2.83. The van der Waals surface area contributed by atoms with Crippen molar-refractivity contribution in [1.29, 1.82) is 0 Å². The second-order valence-electron chi connectivity index (χ2n) is 7.28. The summed E-state index contributed by atoms with van der Waals surface area (Å²) in [7, 11) is -4.42. The Bertz CT molecular complexity index is 1240. The fraction of sp³-hybridized carbons (Fsp3) is 0.208. The van der Waals surface area contributed by atoms with E-state index in [4.69, 9.17) is 0 Å². The molecule has 3 aromatic carbocycles. The van der Waals surface area contributed by atoms with Crippen LogP contribution in [0.25, 0.3) is 0 Å². The molecule has 33 heavy (non-hydrogen) atoms. The number of amides is 1. The summed E-state index contributed by atoms with van der Waals surface area (Å²) in [4.78, 5) is 23.3. The number of hydrogen-bond donors (Lipinski definition) is 1. The van der Waals surface area contributed by atoms with Crippen molar-refractivity contribution in [1.82, 2.24) is 0 Å². The molecule has 0 heterocycles. The van der Waals surface area contributed by atoms with Crippen LogP contribution in [0.2, 0.25) is 0 Å². The van der Waals surface area contributed by atoms with Crippen LogP contribution in [-0.2, 0) is 27.7 Å². The molecule has 1 amide bonds. The van der Waals surface area contributed by atoms with Crippen molar-refractivity contribution in [2.45, 2.75) is 31.6 Å². The van der Waals surface area contributed by atoms with Gasteiger partial charge in [-0.1, -0.05) is 62.4 Å². The zero-order valence-corrected chi connectivity index (χ0v) is 19.2. The second-order valence-corrected chi connectivity index (χ2v) is 9.11. The molecule has 0 aromatic heterocycles. The molecule has 0 saturated heterocycles. The van der Waals surface area contributed by atoms with Crippen molar-refractivity contribution in [2.24, 2.45) is 0 Å². The van der Waals surface area contributed by atoms with Crippen molar-refractivity contribution in [3.63, 3.8) is 0 Å². The normalized spacial score (nSPS) is 11.1. The van der Waals surface area contributed by atoms with E-state index in [1.165, 1.54) is 30.3 Å². The fourth-order valence-corrected chi connectivity index (χ4v) is 5.15. The Labute approximate surface area is 193 Å². The number of nitro benzene ring substituents is 1. The standard InChI is InChI=1S/C24H25N3O5S/c1-3-18-11-10-12-19(4-2)24(18)25-23(28)17-26(20-13-6-5-7-14-20)33(31,32)22-16-9-8-15-21(22)27(29)30/h5-16H,3-4,17H2,1-2H3,(H,25,28). The number of carbonyl (C=O) groups is 1. The third-order valence-electron chi connectivity index (χ3n) is 5.22. The van der Waals surface area contributed by atoms with Crippen LogP contribution in [0.4, 0.5) is 17.1 Å². The van der Waals surface area contributed by atoms with Gasteiger partial charge in [-0.2, -0.15) is 0 Å². The predicted octanol–water partition coefficient (Wildman–Crippen LogP) is 4.55. The fourth-order valence-electron chi connectivity index (χ4n) is 3.57. The average molecular weight is 468 g/mol. The molecule has 1 N–H and O–H groups in total. The van der Waals surface area contributed by atoms with E-state index < -0.39 is 38.0 Å². The highest BCUT2D eigenvalue weighted by Crippen LogP contribution is 2.30. The van der Waals surface area contributed by atoms with E-state index in [0.717, 1.165) is 21.5 Å². The second kappa shape index (κ2) is 10.3. The maximum atomic E-state index is 13.5. The molecule has 3 aromatic rings. The van der Waals surface area contributed by atoms with Gasteiger partial charge in [-0.3, -0.25) is 19.2 Å². The topological polar surface area (TPSA) is 110 Å². The van der Waals surface area contributed by atoms with E-state index in [9.17, 15) is 23.3 Å². The Morgan fingerprint density at radius 1 is 0.909 bits per heavy atom. The maximum absolute atomic E-state index is 13.5. The van der Waals surface area contributed by atoms with Gasteiger partial charge < -0.3 is 5.32 Å². The Balaban J connectivity index is 2.03.